The van der Waals surface area contributed by atoms with Crippen LogP contribution in [0.1, 0.15) is 41.4 Å². The van der Waals surface area contributed by atoms with E-state index in [1.807, 2.05) is 42.7 Å². The molecule has 0 spiro atoms. The highest BCUT2D eigenvalue weighted by molar-refractivity contribution is 7.98. The third kappa shape index (κ3) is 4.09. The van der Waals surface area contributed by atoms with E-state index >= 15 is 0 Å². The maximum Gasteiger partial charge on any atom is 0.260 e. The van der Waals surface area contributed by atoms with Gasteiger partial charge in [-0.3, -0.25) is 9.69 Å². The molecule has 0 unspecified atom stereocenters. The number of carbonyl (C=O) groups excluding carboxylic acids is 1. The lowest BCUT2D eigenvalue weighted by atomic mass is 10.0. The van der Waals surface area contributed by atoms with E-state index in [2.05, 4.69) is 32.0 Å². The van der Waals surface area contributed by atoms with E-state index in [4.69, 9.17) is 9.40 Å². The molecule has 2 heterocycles. The molecule has 2 aromatic carbocycles. The number of thiazole rings is 1. The number of amides is 1. The zero-order valence-corrected chi connectivity index (χ0v) is 18.2. The molecule has 0 aliphatic rings. The van der Waals surface area contributed by atoms with E-state index in [9.17, 15) is 4.79 Å². The fourth-order valence-corrected chi connectivity index (χ4v) is 4.69. The summed E-state index contributed by atoms with van der Waals surface area (Å²) in [5.41, 5.74) is 2.81. The lowest BCUT2D eigenvalue weighted by Gasteiger charge is -2.19. The molecule has 0 aliphatic carbocycles. The summed E-state index contributed by atoms with van der Waals surface area (Å²) in [5.74, 6) is 1.01. The molecule has 2 aromatic heterocycles. The number of benzene rings is 2. The Kier molecular flexibility index (Phi) is 5.74. The summed E-state index contributed by atoms with van der Waals surface area (Å²) in [6, 6.07) is 17.6. The van der Waals surface area contributed by atoms with Crippen LogP contribution < -0.4 is 4.90 Å². The van der Waals surface area contributed by atoms with Gasteiger partial charge in [-0.25, -0.2) is 4.98 Å². The van der Waals surface area contributed by atoms with Crippen LogP contribution in [0.4, 0.5) is 5.13 Å². The van der Waals surface area contributed by atoms with Gasteiger partial charge in [0.1, 0.15) is 5.76 Å². The number of furan rings is 1. The topological polar surface area (TPSA) is 46.3 Å². The molecule has 4 aromatic rings. The molecule has 0 N–H and O–H groups in total. The fourth-order valence-electron chi connectivity index (χ4n) is 3.24. The van der Waals surface area contributed by atoms with Gasteiger partial charge in [0.05, 0.1) is 23.0 Å². The Morgan fingerprint density at radius 3 is 2.72 bits per heavy atom. The number of aromatic nitrogens is 1. The average molecular weight is 423 g/mol. The predicted molar refractivity (Wildman–Crippen MR) is 121 cm³/mol. The lowest BCUT2D eigenvalue weighted by molar-refractivity contribution is 0.0983. The van der Waals surface area contributed by atoms with Crippen molar-refractivity contribution in [1.29, 1.82) is 0 Å². The van der Waals surface area contributed by atoms with Crippen LogP contribution in [0.5, 0.6) is 0 Å². The molecule has 0 saturated carbocycles. The maximum atomic E-state index is 13.5. The van der Waals surface area contributed by atoms with E-state index in [1.165, 1.54) is 16.9 Å². The summed E-state index contributed by atoms with van der Waals surface area (Å²) < 4.78 is 6.62. The zero-order chi connectivity index (χ0) is 20.4. The van der Waals surface area contributed by atoms with E-state index in [1.54, 1.807) is 22.9 Å². The second-order valence-electron chi connectivity index (χ2n) is 7.05. The highest BCUT2D eigenvalue weighted by atomic mass is 32.2. The van der Waals surface area contributed by atoms with E-state index < -0.39 is 0 Å². The highest BCUT2D eigenvalue weighted by Gasteiger charge is 2.24. The summed E-state index contributed by atoms with van der Waals surface area (Å²) in [7, 11) is 0. The first kappa shape index (κ1) is 19.7. The van der Waals surface area contributed by atoms with Crippen molar-refractivity contribution in [2.24, 2.45) is 0 Å². The van der Waals surface area contributed by atoms with Crippen molar-refractivity contribution in [2.45, 2.75) is 31.2 Å². The van der Waals surface area contributed by atoms with Crippen molar-refractivity contribution in [3.05, 3.63) is 77.7 Å². The van der Waals surface area contributed by atoms with Gasteiger partial charge in [0.2, 0.25) is 0 Å². The number of hydrogen-bond donors (Lipinski definition) is 0. The lowest BCUT2D eigenvalue weighted by Crippen LogP contribution is -2.30. The van der Waals surface area contributed by atoms with Gasteiger partial charge >= 0.3 is 0 Å². The Morgan fingerprint density at radius 1 is 1.17 bits per heavy atom. The van der Waals surface area contributed by atoms with Crippen molar-refractivity contribution in [3.63, 3.8) is 0 Å². The van der Waals surface area contributed by atoms with Crippen LogP contribution in [0.25, 0.3) is 10.2 Å². The Hall–Kier alpha value is -2.57. The summed E-state index contributed by atoms with van der Waals surface area (Å²) in [4.78, 5) is 21.1. The summed E-state index contributed by atoms with van der Waals surface area (Å²) >= 11 is 3.16. The summed E-state index contributed by atoms with van der Waals surface area (Å²) in [5, 5.41) is 0.684. The van der Waals surface area contributed by atoms with Crippen LogP contribution in [-0.4, -0.2) is 17.1 Å². The first-order chi connectivity index (χ1) is 14.1. The highest BCUT2D eigenvalue weighted by Crippen LogP contribution is 2.35. The molecule has 0 aliphatic heterocycles. The quantitative estimate of drug-likeness (QED) is 0.329. The van der Waals surface area contributed by atoms with Crippen molar-refractivity contribution < 1.29 is 9.21 Å². The molecular formula is C23H22N2O2S2. The van der Waals surface area contributed by atoms with Crippen LogP contribution in [-0.2, 0) is 6.54 Å². The van der Waals surface area contributed by atoms with Gasteiger partial charge in [-0.15, -0.1) is 11.8 Å². The number of fused-ring (bicyclic) bond motifs is 1. The van der Waals surface area contributed by atoms with Gasteiger partial charge in [-0.1, -0.05) is 43.4 Å². The number of anilines is 1. The van der Waals surface area contributed by atoms with Crippen molar-refractivity contribution in [2.75, 3.05) is 11.2 Å². The molecule has 29 heavy (non-hydrogen) atoms. The average Bonchev–Trinajstić information content (AvgIpc) is 3.40. The Morgan fingerprint density at radius 2 is 2.00 bits per heavy atom. The minimum atomic E-state index is -0.0811. The van der Waals surface area contributed by atoms with Crippen LogP contribution in [0, 0.1) is 0 Å². The standard InChI is InChI=1S/C23H22N2O2S2/c1-15(2)19-10-5-11-20-21(19)24-23(29-20)25(14-17-8-6-12-27-17)22(26)16-7-4-9-18(13-16)28-3/h4-13,15H,14H2,1-3H3. The van der Waals surface area contributed by atoms with Gasteiger partial charge in [-0.05, 0) is 54.1 Å². The van der Waals surface area contributed by atoms with E-state index in [-0.39, 0.29) is 5.91 Å². The number of hydrogen-bond acceptors (Lipinski definition) is 5. The van der Waals surface area contributed by atoms with Crippen molar-refractivity contribution in [1.82, 2.24) is 4.98 Å². The third-order valence-corrected chi connectivity index (χ3v) is 6.52. The molecule has 0 atom stereocenters. The molecule has 0 saturated heterocycles. The SMILES string of the molecule is CSc1cccc(C(=O)N(Cc2ccco2)c2nc3c(C(C)C)cccc3s2)c1. The molecule has 0 fully saturated rings. The maximum absolute atomic E-state index is 13.5. The van der Waals surface area contributed by atoms with Gasteiger partial charge in [0.15, 0.2) is 5.13 Å². The Labute approximate surface area is 178 Å². The fraction of sp³-hybridized carbons (Fsp3) is 0.217. The first-order valence-electron chi connectivity index (χ1n) is 9.44. The normalized spacial score (nSPS) is 11.3. The number of rotatable bonds is 6. The van der Waals surface area contributed by atoms with Gasteiger partial charge < -0.3 is 4.42 Å². The second-order valence-corrected chi connectivity index (χ2v) is 8.94. The van der Waals surface area contributed by atoms with E-state index in [0.717, 1.165) is 20.9 Å². The molecular weight excluding hydrogens is 400 g/mol. The van der Waals surface area contributed by atoms with Crippen LogP contribution >= 0.6 is 23.1 Å². The number of thioether (sulfide) groups is 1. The number of nitrogens with zero attached hydrogens (tertiary/aromatic N) is 2. The monoisotopic (exact) mass is 422 g/mol. The van der Waals surface area contributed by atoms with Gasteiger partial charge in [0, 0.05) is 10.5 Å². The van der Waals surface area contributed by atoms with Crippen LogP contribution in [0.3, 0.4) is 0 Å². The molecule has 148 valence electrons. The number of para-hydroxylation sites is 1. The Balaban J connectivity index is 1.79. The Bertz CT molecular complexity index is 1130. The molecule has 1 amide bonds. The molecule has 0 bridgehead atoms. The molecule has 0 radical (unpaired) electrons. The zero-order valence-electron chi connectivity index (χ0n) is 16.6. The van der Waals surface area contributed by atoms with E-state index in [0.29, 0.717) is 23.2 Å². The molecule has 4 nitrogen and oxygen atoms in total. The second kappa shape index (κ2) is 8.43. The number of carbonyl (C=O) groups is 1. The summed E-state index contributed by atoms with van der Waals surface area (Å²) in [6.07, 6.45) is 3.63. The van der Waals surface area contributed by atoms with Gasteiger partial charge in [-0.2, -0.15) is 0 Å². The third-order valence-electron chi connectivity index (χ3n) is 4.75. The van der Waals surface area contributed by atoms with Crippen LogP contribution in [0.2, 0.25) is 0 Å². The molecule has 4 rings (SSSR count). The minimum absolute atomic E-state index is 0.0811. The van der Waals surface area contributed by atoms with Crippen LogP contribution in [0.15, 0.2) is 70.2 Å². The largest absolute Gasteiger partial charge is 0.467 e. The van der Waals surface area contributed by atoms with Crippen molar-refractivity contribution in [3.8, 4) is 0 Å². The molecule has 6 heteroatoms. The minimum Gasteiger partial charge on any atom is -0.467 e. The predicted octanol–water partition coefficient (Wildman–Crippen LogP) is 6.58. The van der Waals surface area contributed by atoms with Crippen molar-refractivity contribution >= 4 is 44.4 Å². The van der Waals surface area contributed by atoms with Gasteiger partial charge in [0.25, 0.3) is 5.91 Å². The first-order valence-corrected chi connectivity index (χ1v) is 11.5. The summed E-state index contributed by atoms with van der Waals surface area (Å²) in [6.45, 7) is 4.66. The smallest absolute Gasteiger partial charge is 0.260 e.